The van der Waals surface area contributed by atoms with Gasteiger partial charge in [-0.2, -0.15) is 10.4 Å². The number of nitrogens with zero attached hydrogens (tertiary/aromatic N) is 3. The van der Waals surface area contributed by atoms with Crippen molar-refractivity contribution in [3.8, 4) is 6.07 Å². The topological polar surface area (TPSA) is 41.6 Å². The summed E-state index contributed by atoms with van der Waals surface area (Å²) in [6, 6.07) is 2.37. The molecule has 0 N–H and O–H groups in total. The number of aromatic nitrogens is 2. The van der Waals surface area contributed by atoms with Gasteiger partial charge in [-0.3, -0.25) is 4.68 Å². The third-order valence-electron chi connectivity index (χ3n) is 1.55. The summed E-state index contributed by atoms with van der Waals surface area (Å²) in [7, 11) is 0. The van der Waals surface area contributed by atoms with Crippen LogP contribution in [0, 0.1) is 18.3 Å². The SMILES string of the molecule is Cc1cn(C(C)C)nc1C#N. The van der Waals surface area contributed by atoms with Crippen molar-refractivity contribution < 1.29 is 0 Å². The zero-order valence-corrected chi connectivity index (χ0v) is 7.00. The molecule has 0 amide bonds. The average molecular weight is 149 g/mol. The quantitative estimate of drug-likeness (QED) is 0.609. The van der Waals surface area contributed by atoms with E-state index in [0.717, 1.165) is 5.56 Å². The molecule has 0 fully saturated rings. The molecule has 11 heavy (non-hydrogen) atoms. The van der Waals surface area contributed by atoms with Crippen molar-refractivity contribution in [3.63, 3.8) is 0 Å². The summed E-state index contributed by atoms with van der Waals surface area (Å²) in [5, 5.41) is 12.7. The smallest absolute Gasteiger partial charge is 0.165 e. The minimum atomic E-state index is 0.329. The van der Waals surface area contributed by atoms with Gasteiger partial charge in [0, 0.05) is 17.8 Å². The van der Waals surface area contributed by atoms with Gasteiger partial charge >= 0.3 is 0 Å². The highest BCUT2D eigenvalue weighted by Crippen LogP contribution is 2.08. The maximum absolute atomic E-state index is 8.59. The van der Waals surface area contributed by atoms with E-state index in [1.807, 2.05) is 33.0 Å². The predicted octanol–water partition coefficient (Wildman–Crippen LogP) is 1.64. The molecule has 58 valence electrons. The normalized spacial score (nSPS) is 10.1. The maximum atomic E-state index is 8.59. The molecule has 0 atom stereocenters. The van der Waals surface area contributed by atoms with Crippen LogP contribution in [0.4, 0.5) is 0 Å². The fourth-order valence-electron chi connectivity index (χ4n) is 0.858. The summed E-state index contributed by atoms with van der Waals surface area (Å²) >= 11 is 0. The van der Waals surface area contributed by atoms with Gasteiger partial charge in [0.1, 0.15) is 6.07 Å². The second-order valence-corrected chi connectivity index (χ2v) is 2.85. The standard InChI is InChI=1S/C8H11N3/c1-6(2)11-5-7(3)8(4-9)10-11/h5-6H,1-3H3. The Morgan fingerprint density at radius 1 is 1.64 bits per heavy atom. The van der Waals surface area contributed by atoms with Gasteiger partial charge in [0.15, 0.2) is 5.69 Å². The fraction of sp³-hybridized carbons (Fsp3) is 0.500. The first kappa shape index (κ1) is 7.80. The average Bonchev–Trinajstić information content (AvgIpc) is 2.31. The molecule has 0 radical (unpaired) electrons. The van der Waals surface area contributed by atoms with E-state index in [0.29, 0.717) is 11.7 Å². The van der Waals surface area contributed by atoms with Crippen LogP contribution in [0.2, 0.25) is 0 Å². The Morgan fingerprint density at radius 2 is 2.27 bits per heavy atom. The lowest BCUT2D eigenvalue weighted by molar-refractivity contribution is 0.531. The van der Waals surface area contributed by atoms with E-state index < -0.39 is 0 Å². The van der Waals surface area contributed by atoms with Gasteiger partial charge in [-0.15, -0.1) is 0 Å². The second-order valence-electron chi connectivity index (χ2n) is 2.85. The summed E-state index contributed by atoms with van der Waals surface area (Å²) < 4.78 is 1.80. The van der Waals surface area contributed by atoms with Crippen LogP contribution in [0.1, 0.15) is 31.1 Å². The van der Waals surface area contributed by atoms with Gasteiger partial charge in [-0.1, -0.05) is 0 Å². The molecule has 1 rings (SSSR count). The molecule has 0 aliphatic carbocycles. The molecular formula is C8H11N3. The molecule has 0 bridgehead atoms. The predicted molar refractivity (Wildman–Crippen MR) is 42.1 cm³/mol. The number of hydrogen-bond donors (Lipinski definition) is 0. The lowest BCUT2D eigenvalue weighted by Crippen LogP contribution is -2.00. The van der Waals surface area contributed by atoms with E-state index in [-0.39, 0.29) is 0 Å². The van der Waals surface area contributed by atoms with Crippen molar-refractivity contribution in [2.75, 3.05) is 0 Å². The van der Waals surface area contributed by atoms with Crippen LogP contribution in [0.15, 0.2) is 6.20 Å². The van der Waals surface area contributed by atoms with E-state index in [4.69, 9.17) is 5.26 Å². The molecule has 0 saturated carbocycles. The third-order valence-corrected chi connectivity index (χ3v) is 1.55. The minimum absolute atomic E-state index is 0.329. The highest BCUT2D eigenvalue weighted by atomic mass is 15.3. The van der Waals surface area contributed by atoms with E-state index in [9.17, 15) is 0 Å². The first-order valence-electron chi connectivity index (χ1n) is 3.61. The van der Waals surface area contributed by atoms with Crippen LogP contribution in [-0.4, -0.2) is 9.78 Å². The van der Waals surface area contributed by atoms with Gasteiger partial charge in [0.25, 0.3) is 0 Å². The molecule has 0 aliphatic heterocycles. The molecule has 0 spiro atoms. The van der Waals surface area contributed by atoms with Crippen molar-refractivity contribution in [1.82, 2.24) is 9.78 Å². The van der Waals surface area contributed by atoms with Crippen LogP contribution < -0.4 is 0 Å². The van der Waals surface area contributed by atoms with Gasteiger partial charge in [-0.05, 0) is 20.8 Å². The highest BCUT2D eigenvalue weighted by Gasteiger charge is 2.04. The van der Waals surface area contributed by atoms with Crippen LogP contribution in [0.3, 0.4) is 0 Å². The van der Waals surface area contributed by atoms with Gasteiger partial charge in [0.05, 0.1) is 0 Å². The molecule has 0 aliphatic rings. The van der Waals surface area contributed by atoms with Crippen LogP contribution >= 0.6 is 0 Å². The van der Waals surface area contributed by atoms with Crippen LogP contribution in [0.25, 0.3) is 0 Å². The summed E-state index contributed by atoms with van der Waals surface area (Å²) in [6.45, 7) is 5.96. The maximum Gasteiger partial charge on any atom is 0.165 e. The number of nitriles is 1. The largest absolute Gasteiger partial charge is 0.269 e. The van der Waals surface area contributed by atoms with Crippen LogP contribution in [-0.2, 0) is 0 Å². The molecule has 0 saturated heterocycles. The summed E-state index contributed by atoms with van der Waals surface area (Å²) in [4.78, 5) is 0. The number of hydrogen-bond acceptors (Lipinski definition) is 2. The van der Waals surface area contributed by atoms with E-state index in [2.05, 4.69) is 5.10 Å². The number of rotatable bonds is 1. The zero-order chi connectivity index (χ0) is 8.43. The Hall–Kier alpha value is -1.30. The van der Waals surface area contributed by atoms with Gasteiger partial charge in [0.2, 0.25) is 0 Å². The minimum Gasteiger partial charge on any atom is -0.269 e. The molecule has 1 aromatic heterocycles. The van der Waals surface area contributed by atoms with E-state index in [1.54, 1.807) is 4.68 Å². The summed E-state index contributed by atoms with van der Waals surface area (Å²) in [5.41, 5.74) is 1.47. The molecular weight excluding hydrogens is 138 g/mol. The Bertz CT molecular complexity index is 291. The monoisotopic (exact) mass is 149 g/mol. The first-order valence-corrected chi connectivity index (χ1v) is 3.61. The van der Waals surface area contributed by atoms with Crippen molar-refractivity contribution in [2.45, 2.75) is 26.8 Å². The van der Waals surface area contributed by atoms with Crippen molar-refractivity contribution in [2.24, 2.45) is 0 Å². The highest BCUT2D eigenvalue weighted by molar-refractivity contribution is 5.27. The molecule has 0 aromatic carbocycles. The molecule has 3 heteroatoms. The molecule has 0 unspecified atom stereocenters. The molecule has 3 nitrogen and oxygen atoms in total. The Morgan fingerprint density at radius 3 is 2.55 bits per heavy atom. The fourth-order valence-corrected chi connectivity index (χ4v) is 0.858. The Labute approximate surface area is 66.3 Å². The van der Waals surface area contributed by atoms with Gasteiger partial charge in [-0.25, -0.2) is 0 Å². The van der Waals surface area contributed by atoms with E-state index in [1.165, 1.54) is 0 Å². The summed E-state index contributed by atoms with van der Waals surface area (Å²) in [6.07, 6.45) is 1.89. The lowest BCUT2D eigenvalue weighted by atomic mass is 10.3. The van der Waals surface area contributed by atoms with Gasteiger partial charge < -0.3 is 0 Å². The Balaban J connectivity index is 3.07. The summed E-state index contributed by atoms with van der Waals surface area (Å²) in [5.74, 6) is 0. The first-order chi connectivity index (χ1) is 5.15. The lowest BCUT2D eigenvalue weighted by Gasteiger charge is -2.02. The van der Waals surface area contributed by atoms with Crippen molar-refractivity contribution >= 4 is 0 Å². The van der Waals surface area contributed by atoms with Crippen molar-refractivity contribution in [1.29, 1.82) is 5.26 Å². The molecule has 1 heterocycles. The third kappa shape index (κ3) is 1.40. The van der Waals surface area contributed by atoms with Crippen molar-refractivity contribution in [3.05, 3.63) is 17.5 Å². The zero-order valence-electron chi connectivity index (χ0n) is 7.00. The molecule has 1 aromatic rings. The second kappa shape index (κ2) is 2.75. The van der Waals surface area contributed by atoms with E-state index >= 15 is 0 Å². The number of aryl methyl sites for hydroxylation is 1. The Kier molecular flexibility index (Phi) is 1.95. The van der Waals surface area contributed by atoms with Crippen LogP contribution in [0.5, 0.6) is 0 Å².